The summed E-state index contributed by atoms with van der Waals surface area (Å²) in [6.45, 7) is 12.1. The van der Waals surface area contributed by atoms with E-state index in [0.717, 1.165) is 36.7 Å². The summed E-state index contributed by atoms with van der Waals surface area (Å²) in [6, 6.07) is 0. The minimum atomic E-state index is -0.435. The summed E-state index contributed by atoms with van der Waals surface area (Å²) in [5.41, 5.74) is 2.92. The minimum absolute atomic E-state index is 0.435. The maximum atomic E-state index is 5.43. The summed E-state index contributed by atoms with van der Waals surface area (Å²) in [7, 11) is 1.69. The van der Waals surface area contributed by atoms with Gasteiger partial charge in [0.15, 0.2) is 5.82 Å². The van der Waals surface area contributed by atoms with E-state index in [1.165, 1.54) is 5.56 Å². The van der Waals surface area contributed by atoms with E-state index < -0.39 is 5.60 Å². The molecule has 1 N–H and O–H groups in total. The normalized spacial score (nSPS) is 11.9. The van der Waals surface area contributed by atoms with Gasteiger partial charge in [-0.25, -0.2) is 9.97 Å². The monoisotopic (exact) mass is 251 g/mol. The van der Waals surface area contributed by atoms with Crippen molar-refractivity contribution in [2.75, 3.05) is 20.2 Å². The van der Waals surface area contributed by atoms with Crippen molar-refractivity contribution in [1.82, 2.24) is 15.3 Å². The number of methoxy groups -OCH3 is 1. The zero-order valence-electron chi connectivity index (χ0n) is 12.4. The standard InChI is InChI=1S/C14H25N3O/c1-7-15-9-8-12-10(2)16-13(17-11(12)3)14(4,5)18-6/h15H,7-9H2,1-6H3. The second-order valence-electron chi connectivity index (χ2n) is 5.01. The highest BCUT2D eigenvalue weighted by molar-refractivity contribution is 5.25. The Morgan fingerprint density at radius 3 is 2.17 bits per heavy atom. The summed E-state index contributed by atoms with van der Waals surface area (Å²) in [4.78, 5) is 9.18. The first-order valence-corrected chi connectivity index (χ1v) is 6.52. The van der Waals surface area contributed by atoms with Gasteiger partial charge in [-0.2, -0.15) is 0 Å². The molecule has 0 aliphatic heterocycles. The molecule has 0 spiro atoms. The van der Waals surface area contributed by atoms with Crippen molar-refractivity contribution in [3.63, 3.8) is 0 Å². The van der Waals surface area contributed by atoms with Crippen LogP contribution in [0.5, 0.6) is 0 Å². The van der Waals surface area contributed by atoms with Crippen LogP contribution in [-0.4, -0.2) is 30.2 Å². The van der Waals surface area contributed by atoms with E-state index in [4.69, 9.17) is 4.74 Å². The second kappa shape index (κ2) is 6.25. The Bertz CT molecular complexity index is 379. The molecular weight excluding hydrogens is 226 g/mol. The predicted octanol–water partition coefficient (Wildman–Crippen LogP) is 2.13. The van der Waals surface area contributed by atoms with Crippen molar-refractivity contribution < 1.29 is 4.74 Å². The van der Waals surface area contributed by atoms with Crippen LogP contribution in [0.3, 0.4) is 0 Å². The van der Waals surface area contributed by atoms with Crippen LogP contribution in [0.25, 0.3) is 0 Å². The Morgan fingerprint density at radius 1 is 1.17 bits per heavy atom. The molecule has 0 aliphatic rings. The zero-order valence-corrected chi connectivity index (χ0v) is 12.4. The van der Waals surface area contributed by atoms with Crippen molar-refractivity contribution in [3.8, 4) is 0 Å². The predicted molar refractivity (Wildman–Crippen MR) is 73.8 cm³/mol. The molecule has 4 nitrogen and oxygen atoms in total. The highest BCUT2D eigenvalue weighted by Crippen LogP contribution is 2.22. The Balaban J connectivity index is 2.97. The van der Waals surface area contributed by atoms with Gasteiger partial charge < -0.3 is 10.1 Å². The van der Waals surface area contributed by atoms with Crippen LogP contribution in [0.15, 0.2) is 0 Å². The third kappa shape index (κ3) is 3.50. The summed E-state index contributed by atoms with van der Waals surface area (Å²) in [5.74, 6) is 0.757. The van der Waals surface area contributed by atoms with Gasteiger partial charge in [0.25, 0.3) is 0 Å². The third-order valence-corrected chi connectivity index (χ3v) is 3.27. The van der Waals surface area contributed by atoms with Gasteiger partial charge in [-0.05, 0) is 52.8 Å². The molecule has 4 heteroatoms. The SMILES string of the molecule is CCNCCc1c(C)nc(C(C)(C)OC)nc1C. The number of nitrogens with zero attached hydrogens (tertiary/aromatic N) is 2. The smallest absolute Gasteiger partial charge is 0.160 e. The van der Waals surface area contributed by atoms with E-state index in [0.29, 0.717) is 0 Å². The Kier molecular flexibility index (Phi) is 5.23. The van der Waals surface area contributed by atoms with Crippen LogP contribution >= 0.6 is 0 Å². The van der Waals surface area contributed by atoms with Crippen molar-refractivity contribution in [2.45, 2.75) is 46.6 Å². The van der Waals surface area contributed by atoms with E-state index in [9.17, 15) is 0 Å². The van der Waals surface area contributed by atoms with Gasteiger partial charge in [-0.1, -0.05) is 6.92 Å². The summed E-state index contributed by atoms with van der Waals surface area (Å²) in [6.07, 6.45) is 0.971. The maximum absolute atomic E-state index is 5.43. The van der Waals surface area contributed by atoms with E-state index in [1.807, 2.05) is 27.7 Å². The molecule has 0 saturated carbocycles. The zero-order chi connectivity index (χ0) is 13.8. The van der Waals surface area contributed by atoms with Gasteiger partial charge in [0.2, 0.25) is 0 Å². The fourth-order valence-electron chi connectivity index (χ4n) is 1.85. The first-order chi connectivity index (χ1) is 8.42. The molecule has 1 rings (SSSR count). The van der Waals surface area contributed by atoms with E-state index in [2.05, 4.69) is 22.2 Å². The molecule has 0 fully saturated rings. The minimum Gasteiger partial charge on any atom is -0.371 e. The first-order valence-electron chi connectivity index (χ1n) is 6.52. The second-order valence-corrected chi connectivity index (χ2v) is 5.01. The molecule has 0 amide bonds. The van der Waals surface area contributed by atoms with Gasteiger partial charge in [0.05, 0.1) is 0 Å². The summed E-state index contributed by atoms with van der Waals surface area (Å²) in [5, 5.41) is 3.33. The van der Waals surface area contributed by atoms with E-state index in [-0.39, 0.29) is 0 Å². The number of hydrogen-bond donors (Lipinski definition) is 1. The van der Waals surface area contributed by atoms with Gasteiger partial charge in [-0.3, -0.25) is 0 Å². The molecule has 1 aromatic heterocycles. The van der Waals surface area contributed by atoms with Crippen molar-refractivity contribution in [1.29, 1.82) is 0 Å². The molecule has 0 radical (unpaired) electrons. The van der Waals surface area contributed by atoms with E-state index in [1.54, 1.807) is 7.11 Å². The molecule has 0 aliphatic carbocycles. The Morgan fingerprint density at radius 2 is 1.72 bits per heavy atom. The van der Waals surface area contributed by atoms with Crippen LogP contribution in [-0.2, 0) is 16.8 Å². The molecule has 1 aromatic rings. The number of nitrogens with one attached hydrogen (secondary N) is 1. The van der Waals surface area contributed by atoms with Gasteiger partial charge in [-0.15, -0.1) is 0 Å². The molecule has 0 saturated heterocycles. The molecule has 0 unspecified atom stereocenters. The highest BCUT2D eigenvalue weighted by atomic mass is 16.5. The van der Waals surface area contributed by atoms with Crippen molar-refractivity contribution in [3.05, 3.63) is 22.8 Å². The van der Waals surface area contributed by atoms with Crippen LogP contribution < -0.4 is 5.32 Å². The van der Waals surface area contributed by atoms with Crippen LogP contribution in [0.4, 0.5) is 0 Å². The Hall–Kier alpha value is -1.00. The summed E-state index contributed by atoms with van der Waals surface area (Å²) < 4.78 is 5.43. The van der Waals surface area contributed by atoms with Gasteiger partial charge >= 0.3 is 0 Å². The molecule has 1 heterocycles. The highest BCUT2D eigenvalue weighted by Gasteiger charge is 2.24. The quantitative estimate of drug-likeness (QED) is 0.787. The first kappa shape index (κ1) is 15.1. The van der Waals surface area contributed by atoms with E-state index >= 15 is 0 Å². The van der Waals surface area contributed by atoms with Crippen molar-refractivity contribution in [2.24, 2.45) is 0 Å². The lowest BCUT2D eigenvalue weighted by atomic mass is 10.1. The van der Waals surface area contributed by atoms with Crippen LogP contribution in [0.1, 0.15) is 43.5 Å². The summed E-state index contributed by atoms with van der Waals surface area (Å²) >= 11 is 0. The maximum Gasteiger partial charge on any atom is 0.160 e. The number of aromatic nitrogens is 2. The molecule has 102 valence electrons. The molecular formula is C14H25N3O. The van der Waals surface area contributed by atoms with Crippen molar-refractivity contribution >= 4 is 0 Å². The third-order valence-electron chi connectivity index (χ3n) is 3.27. The van der Waals surface area contributed by atoms with Gasteiger partial charge in [0.1, 0.15) is 5.60 Å². The van der Waals surface area contributed by atoms with Crippen LogP contribution in [0.2, 0.25) is 0 Å². The molecule has 0 aromatic carbocycles. The number of ether oxygens (including phenoxy) is 1. The lowest BCUT2D eigenvalue weighted by Crippen LogP contribution is -2.25. The number of likely N-dealkylation sites (N-methyl/N-ethyl adjacent to an activating group) is 1. The fourth-order valence-corrected chi connectivity index (χ4v) is 1.85. The lowest BCUT2D eigenvalue weighted by Gasteiger charge is -2.23. The van der Waals surface area contributed by atoms with Gasteiger partial charge in [0, 0.05) is 18.5 Å². The lowest BCUT2D eigenvalue weighted by molar-refractivity contribution is 0.0111. The molecule has 0 bridgehead atoms. The average molecular weight is 251 g/mol. The van der Waals surface area contributed by atoms with Crippen LogP contribution in [0, 0.1) is 13.8 Å². The largest absolute Gasteiger partial charge is 0.371 e. The average Bonchev–Trinajstić information content (AvgIpc) is 2.32. The number of rotatable bonds is 6. The Labute approximate surface area is 110 Å². The fraction of sp³-hybridized carbons (Fsp3) is 0.714. The number of hydrogen-bond acceptors (Lipinski definition) is 4. The topological polar surface area (TPSA) is 47.0 Å². The molecule has 18 heavy (non-hydrogen) atoms. The molecule has 0 atom stereocenters. The number of aryl methyl sites for hydroxylation is 2.